The number of alkyl halides is 2. The van der Waals surface area contributed by atoms with E-state index in [-0.39, 0.29) is 12.1 Å². The number of likely N-dealkylation sites (tertiary alicyclic amines) is 1. The van der Waals surface area contributed by atoms with Crippen LogP contribution in [0.25, 0.3) is 21.3 Å². The van der Waals surface area contributed by atoms with Gasteiger partial charge in [-0.15, -0.1) is 11.3 Å². The third-order valence-electron chi connectivity index (χ3n) is 4.43. The van der Waals surface area contributed by atoms with E-state index in [9.17, 15) is 18.4 Å². The lowest BCUT2D eigenvalue weighted by Gasteiger charge is -2.38. The standard InChI is InChI=1S/C18H15F2N3O2S/c1-11-2-4-12(5-3-11)13-7-26-16-15(13)17(25)22(10-21-16)6-14(24)23-8-18(19,20)9-23/h2-5,7,10H,6,8-9H2,1H3. The van der Waals surface area contributed by atoms with Crippen molar-refractivity contribution in [3.8, 4) is 11.1 Å². The van der Waals surface area contributed by atoms with E-state index in [1.165, 1.54) is 22.2 Å². The number of hydrogen-bond donors (Lipinski definition) is 0. The zero-order valence-corrected chi connectivity index (χ0v) is 14.7. The van der Waals surface area contributed by atoms with Gasteiger partial charge in [0.25, 0.3) is 11.5 Å². The van der Waals surface area contributed by atoms with Gasteiger partial charge in [-0.05, 0) is 12.5 Å². The molecule has 3 aromatic rings. The van der Waals surface area contributed by atoms with Crippen LogP contribution >= 0.6 is 11.3 Å². The predicted octanol–water partition coefficient (Wildman–Crippen LogP) is 2.91. The first kappa shape index (κ1) is 16.8. The second kappa shape index (κ2) is 5.98. The van der Waals surface area contributed by atoms with Crippen LogP contribution in [0, 0.1) is 6.92 Å². The second-order valence-electron chi connectivity index (χ2n) is 6.48. The zero-order chi connectivity index (χ0) is 18.5. The highest BCUT2D eigenvalue weighted by Crippen LogP contribution is 2.31. The molecule has 0 N–H and O–H groups in total. The number of benzene rings is 1. The van der Waals surface area contributed by atoms with E-state index < -0.39 is 24.9 Å². The van der Waals surface area contributed by atoms with Gasteiger partial charge >= 0.3 is 0 Å². The molecule has 0 spiro atoms. The van der Waals surface area contributed by atoms with Gasteiger partial charge in [0.05, 0.1) is 24.8 Å². The van der Waals surface area contributed by atoms with E-state index in [0.29, 0.717) is 10.2 Å². The van der Waals surface area contributed by atoms with Crippen LogP contribution in [0.3, 0.4) is 0 Å². The Bertz CT molecular complexity index is 1050. The normalized spacial score (nSPS) is 15.9. The lowest BCUT2D eigenvalue weighted by molar-refractivity contribution is -0.166. The molecule has 0 saturated carbocycles. The quantitative estimate of drug-likeness (QED) is 0.707. The first-order chi connectivity index (χ1) is 12.3. The van der Waals surface area contributed by atoms with Crippen molar-refractivity contribution in [3.63, 3.8) is 0 Å². The molecule has 134 valence electrons. The van der Waals surface area contributed by atoms with E-state index in [1.54, 1.807) is 0 Å². The third kappa shape index (κ3) is 2.90. The van der Waals surface area contributed by atoms with Gasteiger partial charge in [-0.3, -0.25) is 14.2 Å². The van der Waals surface area contributed by atoms with Crippen LogP contribution in [-0.4, -0.2) is 39.4 Å². The Morgan fingerprint density at radius 1 is 1.27 bits per heavy atom. The topological polar surface area (TPSA) is 55.2 Å². The highest BCUT2D eigenvalue weighted by atomic mass is 32.1. The van der Waals surface area contributed by atoms with Crippen molar-refractivity contribution < 1.29 is 13.6 Å². The predicted molar refractivity (Wildman–Crippen MR) is 95.6 cm³/mol. The number of amides is 1. The monoisotopic (exact) mass is 375 g/mol. The summed E-state index contributed by atoms with van der Waals surface area (Å²) in [6.45, 7) is 0.503. The molecule has 3 heterocycles. The molecule has 1 fully saturated rings. The van der Waals surface area contributed by atoms with Gasteiger partial charge in [0.15, 0.2) is 0 Å². The number of fused-ring (bicyclic) bond motifs is 1. The number of halogens is 2. The molecule has 26 heavy (non-hydrogen) atoms. The lowest BCUT2D eigenvalue weighted by atomic mass is 10.1. The third-order valence-corrected chi connectivity index (χ3v) is 5.31. The van der Waals surface area contributed by atoms with E-state index in [1.807, 2.05) is 36.6 Å². The lowest BCUT2D eigenvalue weighted by Crippen LogP contribution is -2.59. The van der Waals surface area contributed by atoms with Crippen LogP contribution in [0.4, 0.5) is 8.78 Å². The Hall–Kier alpha value is -2.61. The van der Waals surface area contributed by atoms with Crippen molar-refractivity contribution >= 4 is 27.5 Å². The Balaban J connectivity index is 1.68. The van der Waals surface area contributed by atoms with Crippen molar-refractivity contribution in [2.24, 2.45) is 0 Å². The molecule has 1 amide bonds. The number of carbonyl (C=O) groups is 1. The molecule has 2 aromatic heterocycles. The van der Waals surface area contributed by atoms with Crippen molar-refractivity contribution in [1.29, 1.82) is 0 Å². The maximum atomic E-state index is 12.9. The Kier molecular flexibility index (Phi) is 3.87. The highest BCUT2D eigenvalue weighted by Gasteiger charge is 2.46. The average Bonchev–Trinajstić information content (AvgIpc) is 3.00. The molecule has 1 aliphatic heterocycles. The Morgan fingerprint density at radius 3 is 2.62 bits per heavy atom. The first-order valence-electron chi connectivity index (χ1n) is 8.03. The molecule has 0 bridgehead atoms. The average molecular weight is 375 g/mol. The molecule has 0 aliphatic carbocycles. The molecule has 0 atom stereocenters. The van der Waals surface area contributed by atoms with E-state index >= 15 is 0 Å². The van der Waals surface area contributed by atoms with E-state index in [2.05, 4.69) is 4.98 Å². The summed E-state index contributed by atoms with van der Waals surface area (Å²) in [5, 5.41) is 2.31. The van der Waals surface area contributed by atoms with Crippen molar-refractivity contribution in [3.05, 3.63) is 51.9 Å². The number of carbonyl (C=O) groups excluding carboxylic acids is 1. The summed E-state index contributed by atoms with van der Waals surface area (Å²) in [5.41, 5.74) is 2.43. The van der Waals surface area contributed by atoms with Crippen molar-refractivity contribution in [2.45, 2.75) is 19.4 Å². The van der Waals surface area contributed by atoms with Crippen LogP contribution in [0.15, 0.2) is 40.8 Å². The molecule has 0 unspecified atom stereocenters. The first-order valence-corrected chi connectivity index (χ1v) is 8.91. The molecule has 8 heteroatoms. The van der Waals surface area contributed by atoms with Gasteiger partial charge in [-0.2, -0.15) is 0 Å². The SMILES string of the molecule is Cc1ccc(-c2csc3ncn(CC(=O)N4CC(F)(F)C4)c(=O)c23)cc1. The zero-order valence-electron chi connectivity index (χ0n) is 13.9. The minimum absolute atomic E-state index is 0.291. The fraction of sp³-hybridized carbons (Fsp3) is 0.278. The Morgan fingerprint density at radius 2 is 1.96 bits per heavy atom. The summed E-state index contributed by atoms with van der Waals surface area (Å²) in [5.74, 6) is -3.33. The van der Waals surface area contributed by atoms with Gasteiger partial charge in [-0.1, -0.05) is 29.8 Å². The highest BCUT2D eigenvalue weighted by molar-refractivity contribution is 7.17. The second-order valence-corrected chi connectivity index (χ2v) is 7.34. The van der Waals surface area contributed by atoms with Gasteiger partial charge in [-0.25, -0.2) is 13.8 Å². The number of aromatic nitrogens is 2. The van der Waals surface area contributed by atoms with Gasteiger partial charge in [0.1, 0.15) is 11.4 Å². The maximum Gasteiger partial charge on any atom is 0.282 e. The summed E-state index contributed by atoms with van der Waals surface area (Å²) in [7, 11) is 0. The van der Waals surface area contributed by atoms with Crippen LogP contribution < -0.4 is 5.56 Å². The molecule has 1 aromatic carbocycles. The van der Waals surface area contributed by atoms with Gasteiger partial charge in [0.2, 0.25) is 5.91 Å². The van der Waals surface area contributed by atoms with Gasteiger partial charge < -0.3 is 4.90 Å². The molecule has 5 nitrogen and oxygen atoms in total. The molecule has 1 aliphatic rings. The van der Waals surface area contributed by atoms with E-state index in [4.69, 9.17) is 0 Å². The molecular weight excluding hydrogens is 360 g/mol. The Labute approximate surface area is 151 Å². The summed E-state index contributed by atoms with van der Waals surface area (Å²) in [6.07, 6.45) is 1.30. The summed E-state index contributed by atoms with van der Waals surface area (Å²) < 4.78 is 27.0. The summed E-state index contributed by atoms with van der Waals surface area (Å²) in [4.78, 5) is 30.8. The fourth-order valence-electron chi connectivity index (χ4n) is 2.96. The fourth-order valence-corrected chi connectivity index (χ4v) is 3.87. The van der Waals surface area contributed by atoms with Crippen LogP contribution in [-0.2, 0) is 11.3 Å². The van der Waals surface area contributed by atoms with Crippen LogP contribution in [0.5, 0.6) is 0 Å². The minimum Gasteiger partial charge on any atom is -0.329 e. The van der Waals surface area contributed by atoms with Crippen LogP contribution in [0.1, 0.15) is 5.56 Å². The molecule has 0 radical (unpaired) electrons. The maximum absolute atomic E-state index is 12.9. The van der Waals surface area contributed by atoms with Crippen molar-refractivity contribution in [2.75, 3.05) is 13.1 Å². The smallest absolute Gasteiger partial charge is 0.282 e. The minimum atomic E-state index is -2.82. The van der Waals surface area contributed by atoms with Crippen LogP contribution in [0.2, 0.25) is 0 Å². The molecule has 1 saturated heterocycles. The largest absolute Gasteiger partial charge is 0.329 e. The van der Waals surface area contributed by atoms with Crippen molar-refractivity contribution in [1.82, 2.24) is 14.5 Å². The van der Waals surface area contributed by atoms with E-state index in [0.717, 1.165) is 21.6 Å². The number of nitrogens with zero attached hydrogens (tertiary/aromatic N) is 3. The summed E-state index contributed by atoms with van der Waals surface area (Å²) >= 11 is 1.36. The molecule has 4 rings (SSSR count). The van der Waals surface area contributed by atoms with Gasteiger partial charge in [0, 0.05) is 10.9 Å². The number of aryl methyl sites for hydroxylation is 1. The summed E-state index contributed by atoms with van der Waals surface area (Å²) in [6, 6.07) is 7.78. The number of thiophene rings is 1. The number of hydrogen-bond acceptors (Lipinski definition) is 4. The molecular formula is C18H15F2N3O2S. The number of rotatable bonds is 3.